The summed E-state index contributed by atoms with van der Waals surface area (Å²) in [5, 5.41) is 2.93. The molecule has 8 heavy (non-hydrogen) atoms. The van der Waals surface area contributed by atoms with E-state index >= 15 is 0 Å². The van der Waals surface area contributed by atoms with Gasteiger partial charge in [-0.2, -0.15) is 0 Å². The van der Waals surface area contributed by atoms with E-state index in [1.165, 1.54) is 0 Å². The summed E-state index contributed by atoms with van der Waals surface area (Å²) in [6.45, 7) is 5.31. The molecule has 48 valence electrons. The Morgan fingerprint density at radius 2 is 2.38 bits per heavy atom. The molecule has 0 bridgehead atoms. The first-order valence-corrected chi connectivity index (χ1v) is 2.84. The van der Waals surface area contributed by atoms with Gasteiger partial charge >= 0.3 is 0 Å². The summed E-state index contributed by atoms with van der Waals surface area (Å²) in [6.07, 6.45) is 3.79. The smallest absolute Gasteiger partial charge is 0.116 e. The zero-order valence-corrected chi connectivity index (χ0v) is 5.48. The van der Waals surface area contributed by atoms with E-state index in [9.17, 15) is 0 Å². The van der Waals surface area contributed by atoms with Crippen molar-refractivity contribution in [2.24, 2.45) is 0 Å². The van der Waals surface area contributed by atoms with Gasteiger partial charge in [0.15, 0.2) is 0 Å². The Bertz CT molecular complexity index is 61.5. The third-order valence-corrected chi connectivity index (χ3v) is 0.674. The first-order valence-electron chi connectivity index (χ1n) is 2.84. The van der Waals surface area contributed by atoms with Crippen LogP contribution in [0.1, 0.15) is 13.8 Å². The van der Waals surface area contributed by atoms with Gasteiger partial charge in [-0.25, -0.2) is 0 Å². The maximum absolute atomic E-state index is 4.97. The predicted molar refractivity (Wildman–Crippen MR) is 34.4 cm³/mol. The average Bonchev–Trinajstić information content (AvgIpc) is 1.81. The molecule has 0 saturated carbocycles. The van der Waals surface area contributed by atoms with Crippen molar-refractivity contribution in [3.05, 3.63) is 12.3 Å². The Morgan fingerprint density at radius 3 is 2.88 bits per heavy atom. The number of hydrogen-bond acceptors (Lipinski definition) is 2. The van der Waals surface area contributed by atoms with Crippen LogP contribution < -0.4 is 5.32 Å². The molecule has 1 N–H and O–H groups in total. The molecule has 0 radical (unpaired) electrons. The molecular weight excluding hydrogens is 102 g/mol. The van der Waals surface area contributed by atoms with Crippen LogP contribution in [0.25, 0.3) is 0 Å². The first kappa shape index (κ1) is 7.50. The van der Waals surface area contributed by atoms with Crippen LogP contribution in [0.15, 0.2) is 12.3 Å². The maximum Gasteiger partial charge on any atom is 0.116 e. The normalized spacial score (nSPS) is 10.2. The van der Waals surface area contributed by atoms with E-state index in [-0.39, 0.29) is 0 Å². The van der Waals surface area contributed by atoms with Crippen molar-refractivity contribution in [2.45, 2.75) is 13.8 Å². The molecule has 0 saturated heterocycles. The minimum absolute atomic E-state index is 0.612. The third-order valence-electron chi connectivity index (χ3n) is 0.674. The van der Waals surface area contributed by atoms with Crippen LogP contribution in [0.3, 0.4) is 0 Å². The highest BCUT2D eigenvalue weighted by Crippen LogP contribution is 1.67. The van der Waals surface area contributed by atoms with Gasteiger partial charge < -0.3 is 10.1 Å². The molecule has 0 aliphatic carbocycles. The van der Waals surface area contributed by atoms with Crippen LogP contribution in [-0.4, -0.2) is 13.3 Å². The van der Waals surface area contributed by atoms with Crippen LogP contribution in [-0.2, 0) is 4.74 Å². The number of rotatable bonds is 4. The molecule has 0 unspecified atom stereocenters. The minimum atomic E-state index is 0.612. The van der Waals surface area contributed by atoms with Crippen LogP contribution in [0, 0.1) is 0 Å². The lowest BCUT2D eigenvalue weighted by Crippen LogP contribution is -2.09. The van der Waals surface area contributed by atoms with E-state index in [2.05, 4.69) is 5.32 Å². The van der Waals surface area contributed by atoms with Gasteiger partial charge in [-0.1, -0.05) is 6.08 Å². The molecule has 0 aliphatic rings. The first-order chi connectivity index (χ1) is 3.91. The van der Waals surface area contributed by atoms with E-state index in [0.717, 1.165) is 6.61 Å². The molecule has 0 rings (SSSR count). The van der Waals surface area contributed by atoms with Gasteiger partial charge in [0.25, 0.3) is 0 Å². The van der Waals surface area contributed by atoms with Gasteiger partial charge in [-0.3, -0.25) is 0 Å². The van der Waals surface area contributed by atoms with E-state index in [4.69, 9.17) is 4.74 Å². The Labute approximate surface area is 50.5 Å². The summed E-state index contributed by atoms with van der Waals surface area (Å²) in [5.74, 6) is 0. The SMILES string of the molecule is CC=CNCOCC. The molecule has 0 aromatic rings. The number of nitrogens with one attached hydrogen (secondary N) is 1. The molecule has 0 aromatic carbocycles. The van der Waals surface area contributed by atoms with Crippen molar-refractivity contribution >= 4 is 0 Å². The highest BCUT2D eigenvalue weighted by molar-refractivity contribution is 4.71. The second kappa shape index (κ2) is 6.50. The minimum Gasteiger partial charge on any atom is -0.369 e. The quantitative estimate of drug-likeness (QED) is 0.437. The lowest BCUT2D eigenvalue weighted by atomic mass is 10.7. The van der Waals surface area contributed by atoms with Gasteiger partial charge in [-0.15, -0.1) is 0 Å². The summed E-state index contributed by atoms with van der Waals surface area (Å²) < 4.78 is 4.97. The Morgan fingerprint density at radius 1 is 1.62 bits per heavy atom. The van der Waals surface area contributed by atoms with Gasteiger partial charge in [0.1, 0.15) is 6.73 Å². The van der Waals surface area contributed by atoms with Crippen LogP contribution in [0.2, 0.25) is 0 Å². The molecular formula is C6H13NO. The fourth-order valence-corrected chi connectivity index (χ4v) is 0.327. The Balaban J connectivity index is 2.72. The van der Waals surface area contributed by atoms with E-state index < -0.39 is 0 Å². The Kier molecular flexibility index (Phi) is 6.09. The predicted octanol–water partition coefficient (Wildman–Crippen LogP) is 1.10. The van der Waals surface area contributed by atoms with Crippen molar-refractivity contribution in [1.29, 1.82) is 0 Å². The summed E-state index contributed by atoms with van der Waals surface area (Å²) in [6, 6.07) is 0. The Hall–Kier alpha value is -0.500. The summed E-state index contributed by atoms with van der Waals surface area (Å²) >= 11 is 0. The molecule has 0 heterocycles. The zero-order chi connectivity index (χ0) is 6.24. The van der Waals surface area contributed by atoms with Gasteiger partial charge in [0.05, 0.1) is 0 Å². The van der Waals surface area contributed by atoms with E-state index in [0.29, 0.717) is 6.73 Å². The highest BCUT2D eigenvalue weighted by Gasteiger charge is 1.72. The zero-order valence-electron chi connectivity index (χ0n) is 5.48. The molecule has 2 heteroatoms. The molecule has 0 amide bonds. The monoisotopic (exact) mass is 115 g/mol. The van der Waals surface area contributed by atoms with Crippen molar-refractivity contribution in [1.82, 2.24) is 5.32 Å². The molecule has 0 aromatic heterocycles. The number of ether oxygens (including phenoxy) is 1. The summed E-state index contributed by atoms with van der Waals surface area (Å²) in [4.78, 5) is 0. The van der Waals surface area contributed by atoms with Crippen LogP contribution >= 0.6 is 0 Å². The lowest BCUT2D eigenvalue weighted by Gasteiger charge is -1.97. The maximum atomic E-state index is 4.97. The molecule has 0 fully saturated rings. The second-order valence-electron chi connectivity index (χ2n) is 1.34. The molecule has 0 aliphatic heterocycles. The fraction of sp³-hybridized carbons (Fsp3) is 0.667. The summed E-state index contributed by atoms with van der Waals surface area (Å²) in [7, 11) is 0. The topological polar surface area (TPSA) is 21.3 Å². The lowest BCUT2D eigenvalue weighted by molar-refractivity contribution is 0.138. The van der Waals surface area contributed by atoms with Gasteiger partial charge in [-0.05, 0) is 20.0 Å². The standard InChI is InChI=1S/C6H13NO/c1-3-5-7-6-8-4-2/h3,5,7H,4,6H2,1-2H3. The summed E-state index contributed by atoms with van der Waals surface area (Å²) in [5.41, 5.74) is 0. The second-order valence-corrected chi connectivity index (χ2v) is 1.34. The largest absolute Gasteiger partial charge is 0.369 e. The van der Waals surface area contributed by atoms with E-state index in [1.807, 2.05) is 26.1 Å². The molecule has 0 atom stereocenters. The van der Waals surface area contributed by atoms with Crippen molar-refractivity contribution in [3.63, 3.8) is 0 Å². The van der Waals surface area contributed by atoms with Crippen LogP contribution in [0.5, 0.6) is 0 Å². The van der Waals surface area contributed by atoms with Crippen LogP contribution in [0.4, 0.5) is 0 Å². The van der Waals surface area contributed by atoms with Crippen molar-refractivity contribution in [3.8, 4) is 0 Å². The van der Waals surface area contributed by atoms with Gasteiger partial charge in [0.2, 0.25) is 0 Å². The molecule has 0 spiro atoms. The number of hydrogen-bond donors (Lipinski definition) is 1. The average molecular weight is 115 g/mol. The molecule has 2 nitrogen and oxygen atoms in total. The third kappa shape index (κ3) is 5.50. The van der Waals surface area contributed by atoms with Gasteiger partial charge in [0, 0.05) is 6.61 Å². The van der Waals surface area contributed by atoms with Crippen molar-refractivity contribution in [2.75, 3.05) is 13.3 Å². The highest BCUT2D eigenvalue weighted by atomic mass is 16.5. The fourth-order valence-electron chi connectivity index (χ4n) is 0.327. The number of allylic oxidation sites excluding steroid dienone is 1. The van der Waals surface area contributed by atoms with E-state index in [1.54, 1.807) is 0 Å². The van der Waals surface area contributed by atoms with Crippen molar-refractivity contribution < 1.29 is 4.74 Å².